The Morgan fingerprint density at radius 1 is 1.38 bits per heavy atom. The van der Waals surface area contributed by atoms with Crippen LogP contribution >= 0.6 is 12.2 Å². The summed E-state index contributed by atoms with van der Waals surface area (Å²) in [6.07, 6.45) is 0.176. The van der Waals surface area contributed by atoms with Crippen molar-refractivity contribution in [1.82, 2.24) is 0 Å². The molecular weight excluding hydrogens is 184 g/mol. The summed E-state index contributed by atoms with van der Waals surface area (Å²) in [5.74, 6) is -0.00699. The van der Waals surface area contributed by atoms with Gasteiger partial charge in [0.25, 0.3) is 0 Å². The van der Waals surface area contributed by atoms with Crippen molar-refractivity contribution >= 4 is 23.1 Å². The summed E-state index contributed by atoms with van der Waals surface area (Å²) in [5.41, 5.74) is 0.668. The maximum absolute atomic E-state index is 11.4. The van der Waals surface area contributed by atoms with Crippen LogP contribution in [-0.2, 0) is 4.74 Å². The quantitative estimate of drug-likeness (QED) is 0.545. The molecule has 1 aromatic carbocycles. The molecule has 1 aromatic rings. The topological polar surface area (TPSA) is 26.3 Å². The lowest BCUT2D eigenvalue weighted by atomic mass is 10.1. The second kappa shape index (κ2) is 4.72. The van der Waals surface area contributed by atoms with Crippen molar-refractivity contribution < 1.29 is 9.53 Å². The first-order valence-corrected chi connectivity index (χ1v) is 4.30. The minimum atomic E-state index is -0.00699. The minimum Gasteiger partial charge on any atom is -0.490 e. The van der Waals surface area contributed by atoms with Crippen LogP contribution in [0.3, 0.4) is 0 Å². The van der Waals surface area contributed by atoms with E-state index in [4.69, 9.17) is 17.0 Å². The van der Waals surface area contributed by atoms with Gasteiger partial charge in [0.15, 0.2) is 10.8 Å². The summed E-state index contributed by atoms with van der Waals surface area (Å²) >= 11 is 4.79. The standard InChI is InChI=1S/C10H10O2S/c1-12-10(13)7-9(11)8-5-3-2-4-6-8/h2-6H,7H2,1H3. The Kier molecular flexibility index (Phi) is 3.58. The molecule has 0 saturated heterocycles. The van der Waals surface area contributed by atoms with Gasteiger partial charge in [-0.2, -0.15) is 0 Å². The van der Waals surface area contributed by atoms with Gasteiger partial charge in [-0.05, 0) is 12.2 Å². The summed E-state index contributed by atoms with van der Waals surface area (Å²) < 4.78 is 4.75. The van der Waals surface area contributed by atoms with Crippen molar-refractivity contribution in [2.75, 3.05) is 7.11 Å². The van der Waals surface area contributed by atoms with Crippen LogP contribution in [0.2, 0.25) is 0 Å². The van der Waals surface area contributed by atoms with E-state index in [0.717, 1.165) is 0 Å². The van der Waals surface area contributed by atoms with Crippen LogP contribution < -0.4 is 0 Å². The van der Waals surface area contributed by atoms with Gasteiger partial charge in [-0.3, -0.25) is 4.79 Å². The number of rotatable bonds is 3. The molecule has 0 spiro atoms. The Morgan fingerprint density at radius 3 is 2.54 bits per heavy atom. The van der Waals surface area contributed by atoms with E-state index in [1.807, 2.05) is 18.2 Å². The summed E-state index contributed by atoms with van der Waals surface area (Å²) in [7, 11) is 1.47. The van der Waals surface area contributed by atoms with Crippen molar-refractivity contribution in [1.29, 1.82) is 0 Å². The third-order valence-corrected chi connectivity index (χ3v) is 1.94. The Labute approximate surface area is 82.5 Å². The van der Waals surface area contributed by atoms with E-state index in [1.54, 1.807) is 12.1 Å². The number of ether oxygens (including phenoxy) is 1. The molecule has 0 saturated carbocycles. The van der Waals surface area contributed by atoms with Gasteiger partial charge >= 0.3 is 0 Å². The van der Waals surface area contributed by atoms with Crippen LogP contribution in [-0.4, -0.2) is 17.9 Å². The maximum Gasteiger partial charge on any atom is 0.171 e. The van der Waals surface area contributed by atoms with Gasteiger partial charge in [0.05, 0.1) is 13.5 Å². The van der Waals surface area contributed by atoms with Gasteiger partial charge in [-0.1, -0.05) is 30.3 Å². The molecule has 0 bridgehead atoms. The summed E-state index contributed by atoms with van der Waals surface area (Å²) in [4.78, 5) is 11.4. The summed E-state index contributed by atoms with van der Waals surface area (Å²) in [5, 5.41) is 0.328. The molecular formula is C10H10O2S. The van der Waals surface area contributed by atoms with Gasteiger partial charge < -0.3 is 4.74 Å². The number of benzene rings is 1. The largest absolute Gasteiger partial charge is 0.490 e. The number of hydrogen-bond acceptors (Lipinski definition) is 3. The Hall–Kier alpha value is -1.22. The molecule has 0 unspecified atom stereocenters. The fraction of sp³-hybridized carbons (Fsp3) is 0.200. The zero-order chi connectivity index (χ0) is 9.68. The molecule has 0 radical (unpaired) electrons. The molecule has 1 rings (SSSR count). The molecule has 2 nitrogen and oxygen atoms in total. The van der Waals surface area contributed by atoms with Gasteiger partial charge in [0, 0.05) is 5.56 Å². The number of thiocarbonyl (C=S) groups is 1. The van der Waals surface area contributed by atoms with E-state index in [0.29, 0.717) is 10.6 Å². The maximum atomic E-state index is 11.4. The SMILES string of the molecule is COC(=S)CC(=O)c1ccccc1. The fourth-order valence-corrected chi connectivity index (χ4v) is 1.06. The van der Waals surface area contributed by atoms with Crippen molar-refractivity contribution in [3.05, 3.63) is 35.9 Å². The fourth-order valence-electron chi connectivity index (χ4n) is 0.929. The van der Waals surface area contributed by atoms with Crippen LogP contribution in [0.1, 0.15) is 16.8 Å². The predicted octanol–water partition coefficient (Wildman–Crippen LogP) is 2.23. The first-order chi connectivity index (χ1) is 6.24. The van der Waals surface area contributed by atoms with E-state index in [-0.39, 0.29) is 12.2 Å². The zero-order valence-corrected chi connectivity index (χ0v) is 8.14. The molecule has 68 valence electrons. The summed E-state index contributed by atoms with van der Waals surface area (Å²) in [6.45, 7) is 0. The van der Waals surface area contributed by atoms with Crippen molar-refractivity contribution in [3.8, 4) is 0 Å². The first kappa shape index (κ1) is 9.86. The van der Waals surface area contributed by atoms with Crippen LogP contribution in [0, 0.1) is 0 Å². The predicted molar refractivity (Wildman–Crippen MR) is 55.0 cm³/mol. The highest BCUT2D eigenvalue weighted by Crippen LogP contribution is 2.03. The smallest absolute Gasteiger partial charge is 0.171 e. The Morgan fingerprint density at radius 2 is 2.00 bits per heavy atom. The average molecular weight is 194 g/mol. The molecule has 0 amide bonds. The average Bonchev–Trinajstić information content (AvgIpc) is 2.19. The molecule has 3 heteroatoms. The summed E-state index contributed by atoms with van der Waals surface area (Å²) in [6, 6.07) is 9.04. The van der Waals surface area contributed by atoms with Crippen molar-refractivity contribution in [2.45, 2.75) is 6.42 Å². The molecule has 0 aliphatic heterocycles. The normalized spacial score (nSPS) is 9.31. The molecule has 13 heavy (non-hydrogen) atoms. The first-order valence-electron chi connectivity index (χ1n) is 3.89. The Bertz CT molecular complexity index is 306. The van der Waals surface area contributed by atoms with Crippen LogP contribution in [0.15, 0.2) is 30.3 Å². The van der Waals surface area contributed by atoms with Crippen LogP contribution in [0.25, 0.3) is 0 Å². The van der Waals surface area contributed by atoms with Crippen LogP contribution in [0.4, 0.5) is 0 Å². The van der Waals surface area contributed by atoms with Crippen LogP contribution in [0.5, 0.6) is 0 Å². The number of Topliss-reactive ketones (excluding diaryl/α,β-unsaturated/α-hetero) is 1. The van der Waals surface area contributed by atoms with E-state index in [2.05, 4.69) is 0 Å². The molecule has 0 aliphatic rings. The van der Waals surface area contributed by atoms with Gasteiger partial charge in [0.1, 0.15) is 0 Å². The molecule has 0 aromatic heterocycles. The highest BCUT2D eigenvalue weighted by atomic mass is 32.1. The zero-order valence-electron chi connectivity index (χ0n) is 7.32. The highest BCUT2D eigenvalue weighted by Gasteiger charge is 2.07. The second-order valence-corrected chi connectivity index (χ2v) is 3.00. The third kappa shape index (κ3) is 2.95. The number of carbonyl (C=O) groups excluding carboxylic acids is 1. The number of methoxy groups -OCH3 is 1. The molecule has 0 atom stereocenters. The molecule has 0 aliphatic carbocycles. The van der Waals surface area contributed by atoms with E-state index in [1.165, 1.54) is 7.11 Å². The molecule has 0 heterocycles. The lowest BCUT2D eigenvalue weighted by molar-refractivity contribution is 0.0996. The molecule has 0 fully saturated rings. The van der Waals surface area contributed by atoms with Gasteiger partial charge in [-0.25, -0.2) is 0 Å². The Balaban J connectivity index is 2.65. The second-order valence-electron chi connectivity index (χ2n) is 2.54. The van der Waals surface area contributed by atoms with Crippen molar-refractivity contribution in [2.24, 2.45) is 0 Å². The van der Waals surface area contributed by atoms with Gasteiger partial charge in [-0.15, -0.1) is 0 Å². The molecule has 0 N–H and O–H groups in total. The van der Waals surface area contributed by atoms with E-state index < -0.39 is 0 Å². The lowest BCUT2D eigenvalue weighted by Crippen LogP contribution is -2.07. The highest BCUT2D eigenvalue weighted by molar-refractivity contribution is 7.80. The van der Waals surface area contributed by atoms with Gasteiger partial charge in [0.2, 0.25) is 0 Å². The number of carbonyl (C=O) groups is 1. The van der Waals surface area contributed by atoms with Crippen molar-refractivity contribution in [3.63, 3.8) is 0 Å². The monoisotopic (exact) mass is 194 g/mol. The minimum absolute atomic E-state index is 0.00699. The van der Waals surface area contributed by atoms with E-state index in [9.17, 15) is 4.79 Å². The number of hydrogen-bond donors (Lipinski definition) is 0. The lowest BCUT2D eigenvalue weighted by Gasteiger charge is -2.00. The number of ketones is 1. The van der Waals surface area contributed by atoms with E-state index >= 15 is 0 Å². The third-order valence-electron chi connectivity index (χ3n) is 1.63.